The van der Waals surface area contributed by atoms with Crippen molar-refractivity contribution in [1.82, 2.24) is 10.3 Å². The second-order valence-electron chi connectivity index (χ2n) is 5.50. The molecule has 0 saturated heterocycles. The van der Waals surface area contributed by atoms with E-state index in [1.54, 1.807) is 23.6 Å². The number of nitrogens with one attached hydrogen (secondary N) is 2. The highest BCUT2D eigenvalue weighted by molar-refractivity contribution is 7.10. The molecule has 0 spiro atoms. The summed E-state index contributed by atoms with van der Waals surface area (Å²) < 4.78 is 0. The van der Waals surface area contributed by atoms with Gasteiger partial charge in [-0.25, -0.2) is 0 Å². The maximum atomic E-state index is 12.2. The lowest BCUT2D eigenvalue weighted by Crippen LogP contribution is -2.36. The lowest BCUT2D eigenvalue weighted by Gasteiger charge is -2.23. The molecule has 1 amide bonds. The molecule has 4 nitrogen and oxygen atoms in total. The van der Waals surface area contributed by atoms with Crippen LogP contribution in [0.1, 0.15) is 36.1 Å². The van der Waals surface area contributed by atoms with E-state index in [0.717, 1.165) is 12.2 Å². The molecule has 0 aromatic carbocycles. The quantitative estimate of drug-likeness (QED) is 0.861. The van der Waals surface area contributed by atoms with E-state index in [4.69, 9.17) is 0 Å². The summed E-state index contributed by atoms with van der Waals surface area (Å²) in [5.74, 6) is -0.139. The summed E-state index contributed by atoms with van der Waals surface area (Å²) >= 11 is 1.71. The average Bonchev–Trinajstić information content (AvgIpc) is 3.00. The molecule has 0 fully saturated rings. The van der Waals surface area contributed by atoms with Crippen molar-refractivity contribution < 1.29 is 4.79 Å². The fourth-order valence-electron chi connectivity index (χ4n) is 2.01. The standard InChI is InChI=1S/C16H21N3OS/c1-4-17-12-7-8-18-13(10-12)15(20)19-11-16(2,3)14-6-5-9-21-14/h5-10H,4,11H2,1-3H3,(H,17,18)(H,19,20). The second-order valence-corrected chi connectivity index (χ2v) is 6.45. The van der Waals surface area contributed by atoms with Crippen molar-refractivity contribution >= 4 is 22.9 Å². The fourth-order valence-corrected chi connectivity index (χ4v) is 2.86. The molecule has 2 heterocycles. The molecule has 112 valence electrons. The summed E-state index contributed by atoms with van der Waals surface area (Å²) in [6.07, 6.45) is 1.65. The van der Waals surface area contributed by atoms with Gasteiger partial charge in [0.2, 0.25) is 0 Å². The van der Waals surface area contributed by atoms with Crippen LogP contribution in [0.25, 0.3) is 0 Å². The van der Waals surface area contributed by atoms with Crippen LogP contribution in [0.4, 0.5) is 5.69 Å². The Morgan fingerprint density at radius 1 is 1.38 bits per heavy atom. The molecule has 0 aliphatic rings. The van der Waals surface area contributed by atoms with Gasteiger partial charge in [-0.15, -0.1) is 11.3 Å². The summed E-state index contributed by atoms with van der Waals surface area (Å²) in [7, 11) is 0. The zero-order valence-electron chi connectivity index (χ0n) is 12.6. The average molecular weight is 303 g/mol. The molecule has 0 aliphatic heterocycles. The zero-order valence-corrected chi connectivity index (χ0v) is 13.5. The first-order chi connectivity index (χ1) is 10.0. The Balaban J connectivity index is 2.00. The predicted molar refractivity (Wildman–Crippen MR) is 88.1 cm³/mol. The van der Waals surface area contributed by atoms with Gasteiger partial charge in [-0.05, 0) is 30.5 Å². The third-order valence-corrected chi connectivity index (χ3v) is 4.49. The first-order valence-electron chi connectivity index (χ1n) is 7.05. The Kier molecular flexibility index (Phi) is 4.96. The third-order valence-electron chi connectivity index (χ3n) is 3.25. The molecule has 5 heteroatoms. The largest absolute Gasteiger partial charge is 0.385 e. The first kappa shape index (κ1) is 15.5. The maximum absolute atomic E-state index is 12.2. The molecule has 21 heavy (non-hydrogen) atoms. The summed E-state index contributed by atoms with van der Waals surface area (Å²) in [5, 5.41) is 8.21. The van der Waals surface area contributed by atoms with Crippen molar-refractivity contribution in [3.63, 3.8) is 0 Å². The summed E-state index contributed by atoms with van der Waals surface area (Å²) in [4.78, 5) is 17.6. The van der Waals surface area contributed by atoms with Crippen LogP contribution in [0.3, 0.4) is 0 Å². The van der Waals surface area contributed by atoms with Crippen molar-refractivity contribution in [3.05, 3.63) is 46.4 Å². The van der Waals surface area contributed by atoms with Crippen LogP contribution in [0.5, 0.6) is 0 Å². The Labute approximate surface area is 129 Å². The molecule has 0 unspecified atom stereocenters. The number of nitrogens with zero attached hydrogens (tertiary/aromatic N) is 1. The molecule has 0 radical (unpaired) electrons. The number of carbonyl (C=O) groups is 1. The van der Waals surface area contributed by atoms with Crippen molar-refractivity contribution in [3.8, 4) is 0 Å². The van der Waals surface area contributed by atoms with Crippen LogP contribution in [0.2, 0.25) is 0 Å². The van der Waals surface area contributed by atoms with Gasteiger partial charge >= 0.3 is 0 Å². The zero-order chi connectivity index (χ0) is 15.3. The van der Waals surface area contributed by atoms with Gasteiger partial charge in [0.1, 0.15) is 5.69 Å². The van der Waals surface area contributed by atoms with Crippen LogP contribution in [0.15, 0.2) is 35.8 Å². The Bertz CT molecular complexity index is 593. The van der Waals surface area contributed by atoms with Gasteiger partial charge in [-0.3, -0.25) is 9.78 Å². The number of pyridine rings is 1. The van der Waals surface area contributed by atoms with E-state index < -0.39 is 0 Å². The highest BCUT2D eigenvalue weighted by atomic mass is 32.1. The number of thiophene rings is 1. The third kappa shape index (κ3) is 4.04. The molecule has 2 N–H and O–H groups in total. The van der Waals surface area contributed by atoms with E-state index >= 15 is 0 Å². The number of hydrogen-bond acceptors (Lipinski definition) is 4. The van der Waals surface area contributed by atoms with E-state index in [0.29, 0.717) is 12.2 Å². The smallest absolute Gasteiger partial charge is 0.269 e. The van der Waals surface area contributed by atoms with Crippen molar-refractivity contribution in [2.75, 3.05) is 18.4 Å². The van der Waals surface area contributed by atoms with Gasteiger partial charge in [-0.1, -0.05) is 19.9 Å². The van der Waals surface area contributed by atoms with Gasteiger partial charge in [0.05, 0.1) is 0 Å². The van der Waals surface area contributed by atoms with E-state index in [1.165, 1.54) is 4.88 Å². The van der Waals surface area contributed by atoms with Crippen LogP contribution in [0, 0.1) is 0 Å². The van der Waals surface area contributed by atoms with E-state index in [-0.39, 0.29) is 11.3 Å². The molecular formula is C16H21N3OS. The fraction of sp³-hybridized carbons (Fsp3) is 0.375. The Hall–Kier alpha value is -1.88. The molecule has 0 atom stereocenters. The topological polar surface area (TPSA) is 54.0 Å². The van der Waals surface area contributed by atoms with Crippen molar-refractivity contribution in [2.45, 2.75) is 26.2 Å². The molecule has 2 rings (SSSR count). The maximum Gasteiger partial charge on any atom is 0.269 e. The predicted octanol–water partition coefficient (Wildman–Crippen LogP) is 3.28. The van der Waals surface area contributed by atoms with Gasteiger partial charge in [-0.2, -0.15) is 0 Å². The van der Waals surface area contributed by atoms with E-state index in [2.05, 4.69) is 40.9 Å². The summed E-state index contributed by atoms with van der Waals surface area (Å²) in [6.45, 7) is 7.67. The molecular weight excluding hydrogens is 282 g/mol. The number of amides is 1. The minimum absolute atomic E-state index is 0.0803. The van der Waals surface area contributed by atoms with E-state index in [9.17, 15) is 4.79 Å². The van der Waals surface area contributed by atoms with Gasteiger partial charge in [0.25, 0.3) is 5.91 Å². The van der Waals surface area contributed by atoms with Crippen LogP contribution >= 0.6 is 11.3 Å². The summed E-state index contributed by atoms with van der Waals surface area (Å²) in [5.41, 5.74) is 1.27. The first-order valence-corrected chi connectivity index (χ1v) is 7.93. The second kappa shape index (κ2) is 6.72. The highest BCUT2D eigenvalue weighted by Crippen LogP contribution is 2.26. The molecule has 2 aromatic rings. The number of aromatic nitrogens is 1. The summed E-state index contributed by atoms with van der Waals surface area (Å²) in [6, 6.07) is 7.76. The number of rotatable bonds is 6. The SMILES string of the molecule is CCNc1ccnc(C(=O)NCC(C)(C)c2cccs2)c1. The van der Waals surface area contributed by atoms with E-state index in [1.807, 2.05) is 19.1 Å². The van der Waals surface area contributed by atoms with Crippen molar-refractivity contribution in [1.29, 1.82) is 0 Å². The Morgan fingerprint density at radius 2 is 2.19 bits per heavy atom. The van der Waals surface area contributed by atoms with Crippen LogP contribution < -0.4 is 10.6 Å². The van der Waals surface area contributed by atoms with Gasteiger partial charge in [0, 0.05) is 35.3 Å². The lowest BCUT2D eigenvalue weighted by molar-refractivity contribution is 0.0941. The molecule has 0 aliphatic carbocycles. The minimum Gasteiger partial charge on any atom is -0.385 e. The molecule has 0 saturated carbocycles. The number of carbonyl (C=O) groups excluding carboxylic acids is 1. The monoisotopic (exact) mass is 303 g/mol. The van der Waals surface area contributed by atoms with Gasteiger partial charge in [0.15, 0.2) is 0 Å². The number of hydrogen-bond donors (Lipinski definition) is 2. The Morgan fingerprint density at radius 3 is 2.86 bits per heavy atom. The van der Waals surface area contributed by atoms with Gasteiger partial charge < -0.3 is 10.6 Å². The normalized spacial score (nSPS) is 11.2. The van der Waals surface area contributed by atoms with Crippen LogP contribution in [-0.2, 0) is 5.41 Å². The lowest BCUT2D eigenvalue weighted by atomic mass is 9.91. The van der Waals surface area contributed by atoms with Crippen LogP contribution in [-0.4, -0.2) is 24.0 Å². The van der Waals surface area contributed by atoms with Crippen molar-refractivity contribution in [2.24, 2.45) is 0 Å². The minimum atomic E-state index is -0.139. The molecule has 2 aromatic heterocycles. The molecule has 0 bridgehead atoms. The number of anilines is 1. The highest BCUT2D eigenvalue weighted by Gasteiger charge is 2.23.